The normalized spacial score (nSPS) is 14.9. The van der Waals surface area contributed by atoms with Crippen LogP contribution < -0.4 is 11.1 Å². The number of rotatable bonds is 8. The maximum absolute atomic E-state index is 11.8. The zero-order valence-corrected chi connectivity index (χ0v) is 11.8. The first-order valence-electron chi connectivity index (χ1n) is 6.22. The van der Waals surface area contributed by atoms with E-state index in [1.807, 2.05) is 6.92 Å². The molecule has 0 rings (SSSR count). The molecule has 0 radical (unpaired) electrons. The molecule has 0 aliphatic carbocycles. The van der Waals surface area contributed by atoms with Gasteiger partial charge >= 0.3 is 0 Å². The van der Waals surface area contributed by atoms with Crippen LogP contribution in [0.3, 0.4) is 0 Å². The Hall–Kier alpha value is -0.220. The van der Waals surface area contributed by atoms with Gasteiger partial charge in [-0.3, -0.25) is 4.79 Å². The summed E-state index contributed by atoms with van der Waals surface area (Å²) in [6.45, 7) is 8.21. The lowest BCUT2D eigenvalue weighted by Crippen LogP contribution is -2.39. The molecule has 0 bridgehead atoms. The highest BCUT2D eigenvalue weighted by Crippen LogP contribution is 2.13. The average molecular weight is 246 g/mol. The number of hydrogen-bond acceptors (Lipinski definition) is 3. The molecule has 0 spiro atoms. The second-order valence-electron chi connectivity index (χ2n) is 4.17. The van der Waals surface area contributed by atoms with E-state index in [0.29, 0.717) is 6.04 Å². The van der Waals surface area contributed by atoms with Crippen LogP contribution in [0.25, 0.3) is 0 Å². The van der Waals surface area contributed by atoms with Crippen LogP contribution in [0.4, 0.5) is 0 Å². The van der Waals surface area contributed by atoms with Crippen molar-refractivity contribution in [3.05, 3.63) is 0 Å². The predicted molar refractivity (Wildman–Crippen MR) is 72.7 cm³/mol. The van der Waals surface area contributed by atoms with Crippen molar-refractivity contribution in [2.24, 2.45) is 5.73 Å². The number of thioether (sulfide) groups is 1. The summed E-state index contributed by atoms with van der Waals surface area (Å²) < 4.78 is 0. The molecule has 2 unspecified atom stereocenters. The zero-order valence-electron chi connectivity index (χ0n) is 11.0. The number of hydrogen-bond donors (Lipinski definition) is 2. The van der Waals surface area contributed by atoms with Crippen molar-refractivity contribution in [1.82, 2.24) is 5.32 Å². The van der Waals surface area contributed by atoms with Gasteiger partial charge in [-0.15, -0.1) is 11.8 Å². The summed E-state index contributed by atoms with van der Waals surface area (Å²) in [6, 6.07) is 0.517. The number of nitrogens with two attached hydrogens (primary N) is 1. The molecular weight excluding hydrogens is 220 g/mol. The molecule has 0 saturated heterocycles. The van der Waals surface area contributed by atoms with E-state index in [0.717, 1.165) is 25.0 Å². The summed E-state index contributed by atoms with van der Waals surface area (Å²) in [4.78, 5) is 11.8. The molecule has 2 atom stereocenters. The van der Waals surface area contributed by atoms with Crippen molar-refractivity contribution in [3.8, 4) is 0 Å². The lowest BCUT2D eigenvalue weighted by molar-refractivity contribution is -0.121. The molecule has 1 amide bonds. The van der Waals surface area contributed by atoms with Crippen molar-refractivity contribution in [2.45, 2.75) is 64.3 Å². The van der Waals surface area contributed by atoms with E-state index >= 15 is 0 Å². The van der Waals surface area contributed by atoms with Gasteiger partial charge in [-0.05, 0) is 26.2 Å². The highest BCUT2D eigenvalue weighted by Gasteiger charge is 2.16. The Kier molecular flexibility index (Phi) is 8.76. The highest BCUT2D eigenvalue weighted by molar-refractivity contribution is 8.00. The fourth-order valence-corrected chi connectivity index (χ4v) is 2.26. The van der Waals surface area contributed by atoms with Crippen molar-refractivity contribution >= 4 is 17.7 Å². The van der Waals surface area contributed by atoms with Gasteiger partial charge in [0.15, 0.2) is 0 Å². The average Bonchev–Trinajstić information content (AvgIpc) is 2.31. The minimum atomic E-state index is -0.00167. The lowest BCUT2D eigenvalue weighted by Gasteiger charge is -2.19. The third kappa shape index (κ3) is 6.38. The quantitative estimate of drug-likeness (QED) is 0.690. The summed E-state index contributed by atoms with van der Waals surface area (Å²) in [5.74, 6) is 0.996. The van der Waals surface area contributed by atoms with Gasteiger partial charge in [0.2, 0.25) is 5.91 Å². The summed E-state index contributed by atoms with van der Waals surface area (Å²) in [6.07, 6.45) is 2.95. The molecule has 0 aromatic rings. The summed E-state index contributed by atoms with van der Waals surface area (Å²) in [5, 5.41) is 3.06. The van der Waals surface area contributed by atoms with Gasteiger partial charge in [0.25, 0.3) is 0 Å². The van der Waals surface area contributed by atoms with E-state index in [-0.39, 0.29) is 17.2 Å². The van der Waals surface area contributed by atoms with Crippen LogP contribution in [0, 0.1) is 0 Å². The monoisotopic (exact) mass is 246 g/mol. The van der Waals surface area contributed by atoms with Crippen LogP contribution in [0.5, 0.6) is 0 Å². The first-order chi connectivity index (χ1) is 7.54. The van der Waals surface area contributed by atoms with Crippen molar-refractivity contribution in [2.75, 3.05) is 5.75 Å². The first kappa shape index (κ1) is 15.8. The minimum absolute atomic E-state index is 0.00167. The number of amides is 1. The van der Waals surface area contributed by atoms with Gasteiger partial charge in [-0.25, -0.2) is 0 Å². The number of nitrogens with one attached hydrogen (secondary N) is 1. The fourth-order valence-electron chi connectivity index (χ4n) is 1.27. The van der Waals surface area contributed by atoms with Crippen molar-refractivity contribution < 1.29 is 4.79 Å². The molecule has 3 N–H and O–H groups in total. The largest absolute Gasteiger partial charge is 0.352 e. The molecule has 16 heavy (non-hydrogen) atoms. The maximum Gasteiger partial charge on any atom is 0.233 e. The van der Waals surface area contributed by atoms with E-state index in [2.05, 4.69) is 26.1 Å². The van der Waals surface area contributed by atoms with Crippen molar-refractivity contribution in [1.29, 1.82) is 0 Å². The Morgan fingerprint density at radius 1 is 1.25 bits per heavy atom. The van der Waals surface area contributed by atoms with Gasteiger partial charge in [0.1, 0.15) is 0 Å². The van der Waals surface area contributed by atoms with Crippen molar-refractivity contribution in [3.63, 3.8) is 0 Å². The van der Waals surface area contributed by atoms with Gasteiger partial charge in [0.05, 0.1) is 5.25 Å². The molecular formula is C12H26N2OS. The Balaban J connectivity index is 3.89. The molecule has 0 fully saturated rings. The summed E-state index contributed by atoms with van der Waals surface area (Å²) in [5.41, 5.74) is 5.82. The zero-order chi connectivity index (χ0) is 12.6. The summed E-state index contributed by atoms with van der Waals surface area (Å²) >= 11 is 1.64. The molecule has 4 heteroatoms. The smallest absolute Gasteiger partial charge is 0.233 e. The molecule has 3 nitrogen and oxygen atoms in total. The molecule has 0 aliphatic heterocycles. The van der Waals surface area contributed by atoms with Gasteiger partial charge in [-0.1, -0.05) is 20.8 Å². The topological polar surface area (TPSA) is 55.1 Å². The number of carbonyl (C=O) groups is 1. The molecule has 0 aromatic carbocycles. The maximum atomic E-state index is 11.8. The fraction of sp³-hybridized carbons (Fsp3) is 0.917. The minimum Gasteiger partial charge on any atom is -0.352 e. The Morgan fingerprint density at radius 3 is 2.25 bits per heavy atom. The second kappa shape index (κ2) is 8.88. The highest BCUT2D eigenvalue weighted by atomic mass is 32.2. The van der Waals surface area contributed by atoms with Crippen LogP contribution in [0.15, 0.2) is 0 Å². The van der Waals surface area contributed by atoms with E-state index in [4.69, 9.17) is 5.73 Å². The van der Waals surface area contributed by atoms with Crippen LogP contribution in [-0.2, 0) is 4.79 Å². The molecule has 96 valence electrons. The lowest BCUT2D eigenvalue weighted by atomic mass is 10.2. The van der Waals surface area contributed by atoms with Crippen LogP contribution in [-0.4, -0.2) is 29.0 Å². The van der Waals surface area contributed by atoms with E-state index in [1.165, 1.54) is 0 Å². The van der Waals surface area contributed by atoms with Crippen LogP contribution in [0.2, 0.25) is 0 Å². The standard InChI is InChI=1S/C12H26N2OS/c1-5-10(13)8-16-9(4)12(15)14-11(6-2)7-3/h9-11H,5-8,13H2,1-4H3,(H,14,15). The third-order valence-electron chi connectivity index (χ3n) is 2.79. The van der Waals surface area contributed by atoms with E-state index in [9.17, 15) is 4.79 Å². The molecule has 0 heterocycles. The van der Waals surface area contributed by atoms with E-state index < -0.39 is 0 Å². The van der Waals surface area contributed by atoms with Crippen LogP contribution in [0.1, 0.15) is 47.0 Å². The second-order valence-corrected chi connectivity index (χ2v) is 5.54. The van der Waals surface area contributed by atoms with Gasteiger partial charge in [0, 0.05) is 17.8 Å². The Bertz CT molecular complexity index is 195. The van der Waals surface area contributed by atoms with E-state index in [1.54, 1.807) is 11.8 Å². The summed E-state index contributed by atoms with van der Waals surface area (Å²) in [7, 11) is 0. The molecule has 0 aromatic heterocycles. The third-order valence-corrected chi connectivity index (χ3v) is 4.12. The SMILES string of the molecule is CCC(N)CSC(C)C(=O)NC(CC)CC. The Labute approximate surface area is 104 Å². The van der Waals surface area contributed by atoms with Crippen LogP contribution >= 0.6 is 11.8 Å². The molecule has 0 saturated carbocycles. The van der Waals surface area contributed by atoms with Gasteiger partial charge in [-0.2, -0.15) is 0 Å². The Morgan fingerprint density at radius 2 is 1.81 bits per heavy atom. The first-order valence-corrected chi connectivity index (χ1v) is 7.27. The predicted octanol–water partition coefficient (Wildman–Crippen LogP) is 2.15. The molecule has 0 aliphatic rings. The number of carbonyl (C=O) groups excluding carboxylic acids is 1. The van der Waals surface area contributed by atoms with Gasteiger partial charge < -0.3 is 11.1 Å².